The van der Waals surface area contributed by atoms with Crippen molar-refractivity contribution < 1.29 is 19.0 Å². The van der Waals surface area contributed by atoms with Gasteiger partial charge in [-0.2, -0.15) is 0 Å². The highest BCUT2D eigenvalue weighted by Crippen LogP contribution is 2.41. The van der Waals surface area contributed by atoms with Crippen molar-refractivity contribution in [2.75, 3.05) is 11.5 Å². The van der Waals surface area contributed by atoms with Gasteiger partial charge in [-0.1, -0.05) is 27.7 Å². The standard InChI is InChI=1S/C17H15I2N5O6/c1-28-10-4-2-9(3-5-10)15(26)29-12-6-13(30-17(12,8-18)22-23-20)24-7-11(19)14(25)21-16(24)27/h2-5,7,12-13H,6,8H2,1H3,(H,21,25,27)/t12-,13-,17+/m0/s1. The quantitative estimate of drug-likeness (QED) is 0.128. The third kappa shape index (κ3) is 4.48. The Bertz CT molecular complexity index is 1110. The Kier molecular flexibility index (Phi) is 7.05. The van der Waals surface area contributed by atoms with Crippen LogP contribution in [0.4, 0.5) is 0 Å². The average Bonchev–Trinajstić information content (AvgIpc) is 3.09. The number of nitrogens with zero attached hydrogens (tertiary/aromatic N) is 4. The number of carbonyl (C=O) groups is 1. The number of carbonyl (C=O) groups excluding carboxylic acids is 1. The Balaban J connectivity index is 1.92. The van der Waals surface area contributed by atoms with Gasteiger partial charge >= 0.3 is 11.7 Å². The molecule has 1 aromatic carbocycles. The van der Waals surface area contributed by atoms with Gasteiger partial charge in [-0.05, 0) is 52.4 Å². The van der Waals surface area contributed by atoms with E-state index in [1.807, 2.05) is 22.6 Å². The van der Waals surface area contributed by atoms with Crippen molar-refractivity contribution in [3.8, 4) is 5.75 Å². The van der Waals surface area contributed by atoms with Crippen molar-refractivity contribution >= 4 is 51.2 Å². The van der Waals surface area contributed by atoms with Crippen LogP contribution in [0.25, 0.3) is 10.4 Å². The van der Waals surface area contributed by atoms with Gasteiger partial charge in [0.15, 0.2) is 5.72 Å². The summed E-state index contributed by atoms with van der Waals surface area (Å²) in [6.45, 7) is 0. The number of azide groups is 1. The number of methoxy groups -OCH3 is 1. The van der Waals surface area contributed by atoms with E-state index in [9.17, 15) is 14.4 Å². The number of alkyl halides is 1. The third-order valence-electron chi connectivity index (χ3n) is 4.47. The fourth-order valence-electron chi connectivity index (χ4n) is 2.94. The molecule has 30 heavy (non-hydrogen) atoms. The van der Waals surface area contributed by atoms with E-state index in [4.69, 9.17) is 19.7 Å². The Morgan fingerprint density at radius 3 is 2.73 bits per heavy atom. The summed E-state index contributed by atoms with van der Waals surface area (Å²) >= 11 is 3.75. The first-order chi connectivity index (χ1) is 14.3. The lowest BCUT2D eigenvalue weighted by atomic mass is 10.1. The van der Waals surface area contributed by atoms with E-state index in [1.54, 1.807) is 46.9 Å². The van der Waals surface area contributed by atoms with Gasteiger partial charge in [0, 0.05) is 22.0 Å². The molecule has 1 aliphatic heterocycles. The number of H-pyrrole nitrogens is 1. The molecule has 0 saturated carbocycles. The molecule has 1 aliphatic rings. The van der Waals surface area contributed by atoms with E-state index in [0.29, 0.717) is 5.75 Å². The summed E-state index contributed by atoms with van der Waals surface area (Å²) < 4.78 is 18.2. The third-order valence-corrected chi connectivity index (χ3v) is 6.34. The molecule has 158 valence electrons. The van der Waals surface area contributed by atoms with Gasteiger partial charge in [0.05, 0.1) is 16.2 Å². The highest BCUT2D eigenvalue weighted by atomic mass is 127. The van der Waals surface area contributed by atoms with Crippen LogP contribution in [-0.4, -0.2) is 38.9 Å². The lowest BCUT2D eigenvalue weighted by molar-refractivity contribution is -0.0865. The maximum absolute atomic E-state index is 12.6. The van der Waals surface area contributed by atoms with Gasteiger partial charge in [-0.25, -0.2) is 9.59 Å². The van der Waals surface area contributed by atoms with Crippen molar-refractivity contribution in [2.24, 2.45) is 5.11 Å². The number of rotatable bonds is 6. The number of benzene rings is 1. The Morgan fingerprint density at radius 1 is 1.43 bits per heavy atom. The van der Waals surface area contributed by atoms with Crippen LogP contribution in [0.5, 0.6) is 5.75 Å². The summed E-state index contributed by atoms with van der Waals surface area (Å²) in [5, 5.41) is 3.74. The monoisotopic (exact) mass is 639 g/mol. The highest BCUT2D eigenvalue weighted by molar-refractivity contribution is 14.1. The molecule has 2 heterocycles. The summed E-state index contributed by atoms with van der Waals surface area (Å²) in [6, 6.07) is 6.32. The van der Waals surface area contributed by atoms with Crippen molar-refractivity contribution in [1.29, 1.82) is 0 Å². The number of esters is 1. The van der Waals surface area contributed by atoms with Crippen LogP contribution >= 0.6 is 45.2 Å². The van der Waals surface area contributed by atoms with Crippen LogP contribution in [0.2, 0.25) is 0 Å². The van der Waals surface area contributed by atoms with Crippen molar-refractivity contribution in [3.63, 3.8) is 0 Å². The number of ether oxygens (including phenoxy) is 3. The largest absolute Gasteiger partial charge is 0.497 e. The van der Waals surface area contributed by atoms with E-state index in [1.165, 1.54) is 17.9 Å². The minimum absolute atomic E-state index is 0.0476. The molecule has 3 rings (SSSR count). The van der Waals surface area contributed by atoms with E-state index in [-0.39, 0.29) is 20.0 Å². The molecule has 2 aromatic rings. The summed E-state index contributed by atoms with van der Waals surface area (Å²) in [7, 11) is 1.51. The minimum Gasteiger partial charge on any atom is -0.497 e. The summed E-state index contributed by atoms with van der Waals surface area (Å²) in [4.78, 5) is 41.6. The normalized spacial score (nSPS) is 22.9. The molecule has 1 N–H and O–H groups in total. The van der Waals surface area contributed by atoms with E-state index < -0.39 is 35.3 Å². The van der Waals surface area contributed by atoms with Crippen molar-refractivity contribution in [2.45, 2.75) is 24.5 Å². The molecule has 1 aromatic heterocycles. The first-order valence-electron chi connectivity index (χ1n) is 8.49. The zero-order valence-corrected chi connectivity index (χ0v) is 19.8. The molecule has 0 amide bonds. The average molecular weight is 639 g/mol. The van der Waals surface area contributed by atoms with Gasteiger partial charge in [0.1, 0.15) is 18.1 Å². The van der Waals surface area contributed by atoms with Crippen LogP contribution in [-0.2, 0) is 9.47 Å². The fourth-order valence-corrected chi connectivity index (χ4v) is 4.20. The second-order valence-corrected chi connectivity index (χ2v) is 8.17. The molecule has 13 heteroatoms. The first kappa shape index (κ1) is 22.6. The van der Waals surface area contributed by atoms with Crippen LogP contribution in [0, 0.1) is 3.57 Å². The molecule has 0 aliphatic carbocycles. The van der Waals surface area contributed by atoms with E-state index in [2.05, 4.69) is 15.0 Å². The molecule has 1 fully saturated rings. The van der Waals surface area contributed by atoms with Crippen LogP contribution in [0.3, 0.4) is 0 Å². The highest BCUT2D eigenvalue weighted by Gasteiger charge is 2.51. The fraction of sp³-hybridized carbons (Fsp3) is 0.353. The molecule has 1 saturated heterocycles. The molecular weight excluding hydrogens is 624 g/mol. The van der Waals surface area contributed by atoms with Crippen LogP contribution < -0.4 is 16.0 Å². The van der Waals surface area contributed by atoms with Gasteiger partial charge < -0.3 is 14.2 Å². The minimum atomic E-state index is -1.51. The summed E-state index contributed by atoms with van der Waals surface area (Å²) in [5.74, 6) is -0.0591. The first-order valence-corrected chi connectivity index (χ1v) is 11.1. The predicted molar refractivity (Wildman–Crippen MR) is 122 cm³/mol. The number of aromatic amines is 1. The Hall–Kier alpha value is -2.10. The second-order valence-electron chi connectivity index (χ2n) is 6.24. The number of aromatic nitrogens is 2. The lowest BCUT2D eigenvalue weighted by Gasteiger charge is -2.27. The maximum atomic E-state index is 12.6. The number of hydrogen-bond donors (Lipinski definition) is 1. The van der Waals surface area contributed by atoms with Crippen molar-refractivity contribution in [3.05, 3.63) is 70.9 Å². The molecule has 3 atom stereocenters. The van der Waals surface area contributed by atoms with Gasteiger partial charge in [-0.15, -0.1) is 0 Å². The Morgan fingerprint density at radius 2 is 2.13 bits per heavy atom. The molecule has 0 spiro atoms. The molecule has 0 radical (unpaired) electrons. The molecular formula is C17H15I2N5O6. The number of nitrogens with one attached hydrogen (secondary N) is 1. The zero-order valence-electron chi connectivity index (χ0n) is 15.4. The van der Waals surface area contributed by atoms with Gasteiger partial charge in [0.25, 0.3) is 5.56 Å². The van der Waals surface area contributed by atoms with Crippen LogP contribution in [0.15, 0.2) is 45.2 Å². The smallest absolute Gasteiger partial charge is 0.338 e. The Labute approximate surface area is 196 Å². The maximum Gasteiger partial charge on any atom is 0.338 e. The van der Waals surface area contributed by atoms with Crippen LogP contribution in [0.1, 0.15) is 23.0 Å². The van der Waals surface area contributed by atoms with Gasteiger partial charge in [0.2, 0.25) is 0 Å². The second kappa shape index (κ2) is 9.36. The lowest BCUT2D eigenvalue weighted by Crippen LogP contribution is -2.41. The zero-order chi connectivity index (χ0) is 21.9. The van der Waals surface area contributed by atoms with E-state index >= 15 is 0 Å². The summed E-state index contributed by atoms with van der Waals surface area (Å²) in [5.41, 5.74) is 6.61. The number of hydrogen-bond acceptors (Lipinski definition) is 7. The van der Waals surface area contributed by atoms with E-state index in [0.717, 1.165) is 0 Å². The number of halogens is 2. The summed E-state index contributed by atoms with van der Waals surface area (Å²) in [6.07, 6.45) is -0.474. The molecule has 0 unspecified atom stereocenters. The SMILES string of the molecule is COc1ccc(C(=O)O[C@H]2C[C@@H](n3cc(I)c(=O)[nH]c3=O)O[C@@]2(CI)N=[N+]=[N-])cc1. The molecule has 11 nitrogen and oxygen atoms in total. The predicted octanol–water partition coefficient (Wildman–Crippen LogP) is 2.74. The van der Waals surface area contributed by atoms with Gasteiger partial charge in [-0.3, -0.25) is 14.3 Å². The van der Waals surface area contributed by atoms with Crippen molar-refractivity contribution in [1.82, 2.24) is 9.55 Å². The molecule has 0 bridgehead atoms. The topological polar surface area (TPSA) is 148 Å².